The lowest BCUT2D eigenvalue weighted by atomic mass is 9.87. The van der Waals surface area contributed by atoms with Gasteiger partial charge in [-0.15, -0.1) is 0 Å². The molecule has 1 saturated heterocycles. The molecule has 0 spiro atoms. The number of hydrogen-bond acceptors (Lipinski definition) is 5. The highest BCUT2D eigenvalue weighted by molar-refractivity contribution is 5.87. The first-order chi connectivity index (χ1) is 13.5. The first-order valence-electron chi connectivity index (χ1n) is 9.17. The molecule has 7 heteroatoms. The van der Waals surface area contributed by atoms with Gasteiger partial charge in [0, 0.05) is 24.6 Å². The van der Waals surface area contributed by atoms with E-state index >= 15 is 4.39 Å². The molecule has 0 aromatic heterocycles. The molecule has 0 aliphatic carbocycles. The Morgan fingerprint density at radius 1 is 1.21 bits per heavy atom. The molecule has 148 valence electrons. The van der Waals surface area contributed by atoms with Gasteiger partial charge in [-0.3, -0.25) is 9.63 Å². The van der Waals surface area contributed by atoms with E-state index in [2.05, 4.69) is 0 Å². The maximum absolute atomic E-state index is 15.3. The minimum absolute atomic E-state index is 0.150. The van der Waals surface area contributed by atoms with Crippen LogP contribution in [0.15, 0.2) is 42.5 Å². The van der Waals surface area contributed by atoms with Crippen molar-refractivity contribution in [2.75, 3.05) is 27.4 Å². The van der Waals surface area contributed by atoms with Crippen LogP contribution in [-0.2, 0) is 31.1 Å². The van der Waals surface area contributed by atoms with Crippen LogP contribution in [0.1, 0.15) is 29.4 Å². The predicted octanol–water partition coefficient (Wildman–Crippen LogP) is 3.11. The summed E-state index contributed by atoms with van der Waals surface area (Å²) in [7, 11) is 2.86. The molecule has 2 aliphatic rings. The lowest BCUT2D eigenvalue weighted by Gasteiger charge is -2.32. The van der Waals surface area contributed by atoms with Gasteiger partial charge in [0.05, 0.1) is 20.3 Å². The molecular formula is C21H22FNO5. The summed E-state index contributed by atoms with van der Waals surface area (Å²) in [5, 5.41) is 1.06. The third-order valence-electron chi connectivity index (χ3n) is 5.13. The average Bonchev–Trinajstić information content (AvgIpc) is 3.13. The largest absolute Gasteiger partial charge is 0.472 e. The van der Waals surface area contributed by atoms with Crippen LogP contribution in [-0.4, -0.2) is 38.3 Å². The van der Waals surface area contributed by atoms with Gasteiger partial charge in [0.1, 0.15) is 11.6 Å². The summed E-state index contributed by atoms with van der Waals surface area (Å²) in [6.07, 6.45) is 0.416. The number of nitrogens with zero attached hydrogens (tertiary/aromatic N) is 1. The van der Waals surface area contributed by atoms with E-state index in [9.17, 15) is 4.79 Å². The Balaban J connectivity index is 1.74. The molecule has 6 nitrogen and oxygen atoms in total. The smallest absolute Gasteiger partial charge is 0.295 e. The van der Waals surface area contributed by atoms with E-state index in [1.165, 1.54) is 20.2 Å². The molecule has 2 heterocycles. The second-order valence-electron chi connectivity index (χ2n) is 6.87. The zero-order valence-corrected chi connectivity index (χ0v) is 15.8. The first kappa shape index (κ1) is 18.9. The van der Waals surface area contributed by atoms with Crippen LogP contribution in [0, 0.1) is 5.82 Å². The van der Waals surface area contributed by atoms with E-state index in [1.807, 2.05) is 18.2 Å². The van der Waals surface area contributed by atoms with Crippen molar-refractivity contribution < 1.29 is 28.2 Å². The normalized spacial score (nSPS) is 21.8. The fraction of sp³-hybridized carbons (Fsp3) is 0.381. The molecular weight excluding hydrogens is 365 g/mol. The summed E-state index contributed by atoms with van der Waals surface area (Å²) in [5.74, 6) is -0.480. The first-order valence-corrected chi connectivity index (χ1v) is 9.17. The van der Waals surface area contributed by atoms with Crippen LogP contribution in [0.5, 0.6) is 5.75 Å². The molecule has 1 fully saturated rings. The Hall–Kier alpha value is -2.48. The summed E-state index contributed by atoms with van der Waals surface area (Å²) < 4.78 is 32.4. The molecule has 2 aromatic rings. The molecule has 1 atom stereocenters. The number of likely N-dealkylation sites (N-methyl/N-ethyl adjacent to an activating group) is 1. The Labute approximate surface area is 162 Å². The standard InChI is InChI=1S/C21H22FNO5/c1-23(25-2)20(24)21(13-15-6-3-4-7-18(15)28-21)16-9-8-14(12-17(16)22)19-26-10-5-11-27-19/h3-4,6-9,12,19H,5,10-11,13H2,1-2H3. The molecule has 28 heavy (non-hydrogen) atoms. The summed E-state index contributed by atoms with van der Waals surface area (Å²) in [5.41, 5.74) is 0.0183. The molecule has 0 saturated carbocycles. The van der Waals surface area contributed by atoms with Crippen molar-refractivity contribution in [1.29, 1.82) is 0 Å². The highest BCUT2D eigenvalue weighted by Crippen LogP contribution is 2.43. The van der Waals surface area contributed by atoms with Crippen molar-refractivity contribution >= 4 is 5.91 Å². The van der Waals surface area contributed by atoms with Gasteiger partial charge < -0.3 is 14.2 Å². The lowest BCUT2D eigenvalue weighted by molar-refractivity contribution is -0.186. The summed E-state index contributed by atoms with van der Waals surface area (Å²) in [4.78, 5) is 18.2. The number of para-hydroxylation sites is 1. The molecule has 0 N–H and O–H groups in total. The topological polar surface area (TPSA) is 57.2 Å². The zero-order valence-electron chi connectivity index (χ0n) is 15.8. The van der Waals surface area contributed by atoms with E-state index in [0.29, 0.717) is 24.5 Å². The van der Waals surface area contributed by atoms with Crippen LogP contribution in [0.3, 0.4) is 0 Å². The highest BCUT2D eigenvalue weighted by Gasteiger charge is 2.51. The van der Waals surface area contributed by atoms with Gasteiger partial charge in [-0.1, -0.05) is 30.3 Å². The monoisotopic (exact) mass is 387 g/mol. The van der Waals surface area contributed by atoms with Gasteiger partial charge >= 0.3 is 0 Å². The molecule has 1 amide bonds. The number of fused-ring (bicyclic) bond motifs is 1. The van der Waals surface area contributed by atoms with Crippen molar-refractivity contribution in [2.45, 2.75) is 24.7 Å². The zero-order chi connectivity index (χ0) is 19.7. The van der Waals surface area contributed by atoms with E-state index in [1.54, 1.807) is 18.2 Å². The Bertz CT molecular complexity index is 856. The molecule has 2 aliphatic heterocycles. The van der Waals surface area contributed by atoms with Crippen LogP contribution in [0.4, 0.5) is 4.39 Å². The van der Waals surface area contributed by atoms with Crippen molar-refractivity contribution in [3.05, 3.63) is 65.0 Å². The summed E-state index contributed by atoms with van der Waals surface area (Å²) in [6, 6.07) is 11.9. The number of hydroxylamine groups is 2. The predicted molar refractivity (Wildman–Crippen MR) is 97.9 cm³/mol. The number of amides is 1. The van der Waals surface area contributed by atoms with Crippen molar-refractivity contribution in [3.8, 4) is 5.75 Å². The quantitative estimate of drug-likeness (QED) is 0.755. The molecule has 4 rings (SSSR count). The maximum atomic E-state index is 15.3. The van der Waals surface area contributed by atoms with Gasteiger partial charge in [0.25, 0.3) is 5.91 Å². The summed E-state index contributed by atoms with van der Waals surface area (Å²) >= 11 is 0. The molecule has 2 aromatic carbocycles. The van der Waals surface area contributed by atoms with Crippen molar-refractivity contribution in [3.63, 3.8) is 0 Å². The molecule has 0 bridgehead atoms. The maximum Gasteiger partial charge on any atom is 0.295 e. The second kappa shape index (κ2) is 7.50. The second-order valence-corrected chi connectivity index (χ2v) is 6.87. The van der Waals surface area contributed by atoms with Gasteiger partial charge in [-0.25, -0.2) is 9.45 Å². The SMILES string of the molecule is CON(C)C(=O)C1(c2ccc(C3OCCCO3)cc2F)Cc2ccccc2O1. The minimum Gasteiger partial charge on any atom is -0.472 e. The Morgan fingerprint density at radius 3 is 2.64 bits per heavy atom. The minimum atomic E-state index is -1.54. The summed E-state index contributed by atoms with van der Waals surface area (Å²) in [6.45, 7) is 1.13. The number of benzene rings is 2. The van der Waals surface area contributed by atoms with E-state index in [0.717, 1.165) is 17.0 Å². The number of halogens is 1. The van der Waals surface area contributed by atoms with Crippen LogP contribution < -0.4 is 4.74 Å². The Morgan fingerprint density at radius 2 is 1.96 bits per heavy atom. The third-order valence-corrected chi connectivity index (χ3v) is 5.13. The number of carbonyl (C=O) groups excluding carboxylic acids is 1. The van der Waals surface area contributed by atoms with E-state index in [4.69, 9.17) is 19.0 Å². The van der Waals surface area contributed by atoms with Gasteiger partial charge in [-0.2, -0.15) is 0 Å². The van der Waals surface area contributed by atoms with Crippen molar-refractivity contribution in [2.24, 2.45) is 0 Å². The Kier molecular flexibility index (Phi) is 5.05. The van der Waals surface area contributed by atoms with E-state index < -0.39 is 23.6 Å². The van der Waals surface area contributed by atoms with Crippen LogP contribution >= 0.6 is 0 Å². The van der Waals surface area contributed by atoms with Crippen LogP contribution in [0.2, 0.25) is 0 Å². The highest BCUT2D eigenvalue weighted by atomic mass is 19.1. The number of rotatable bonds is 4. The van der Waals surface area contributed by atoms with E-state index in [-0.39, 0.29) is 12.0 Å². The van der Waals surface area contributed by atoms with Gasteiger partial charge in [-0.05, 0) is 24.1 Å². The lowest BCUT2D eigenvalue weighted by Crippen LogP contribution is -2.49. The number of ether oxygens (including phenoxy) is 3. The van der Waals surface area contributed by atoms with Crippen LogP contribution in [0.25, 0.3) is 0 Å². The fourth-order valence-corrected chi connectivity index (χ4v) is 3.65. The van der Waals surface area contributed by atoms with Crippen molar-refractivity contribution in [1.82, 2.24) is 5.06 Å². The number of hydrogen-bond donors (Lipinski definition) is 0. The molecule has 1 unspecified atom stereocenters. The molecule has 0 radical (unpaired) electrons. The third kappa shape index (κ3) is 3.15. The van der Waals surface area contributed by atoms with Gasteiger partial charge in [0.2, 0.25) is 5.60 Å². The fourth-order valence-electron chi connectivity index (χ4n) is 3.65. The number of carbonyl (C=O) groups is 1. The average molecular weight is 387 g/mol. The van der Waals surface area contributed by atoms with Gasteiger partial charge in [0.15, 0.2) is 6.29 Å².